The van der Waals surface area contributed by atoms with Crippen LogP contribution in [-0.2, 0) is 0 Å². The Morgan fingerprint density at radius 3 is 2.26 bits per heavy atom. The Balaban J connectivity index is 1.91. The van der Waals surface area contributed by atoms with Crippen LogP contribution in [0.5, 0.6) is 5.75 Å². The lowest BCUT2D eigenvalue weighted by Gasteiger charge is -2.23. The van der Waals surface area contributed by atoms with Gasteiger partial charge in [0, 0.05) is 27.8 Å². The lowest BCUT2D eigenvalue weighted by atomic mass is 9.82. The molecule has 6 heteroatoms. The maximum absolute atomic E-state index is 13.2. The van der Waals surface area contributed by atoms with Crippen LogP contribution in [0, 0.1) is 0 Å². The van der Waals surface area contributed by atoms with Gasteiger partial charge in [-0.15, -0.1) is 12.6 Å². The van der Waals surface area contributed by atoms with Crippen LogP contribution < -0.4 is 15.8 Å². The molecule has 1 aliphatic carbocycles. The number of nitrogens with two attached hydrogens (primary N) is 1. The fourth-order valence-electron chi connectivity index (χ4n) is 3.26. The number of benzene rings is 3. The summed E-state index contributed by atoms with van der Waals surface area (Å²) in [5, 5.41) is 3.20. The number of anilines is 3. The molecule has 134 valence electrons. The van der Waals surface area contributed by atoms with Crippen molar-refractivity contribution in [1.82, 2.24) is 0 Å². The number of ketones is 2. The van der Waals surface area contributed by atoms with E-state index in [0.29, 0.717) is 33.1 Å². The molecule has 27 heavy (non-hydrogen) atoms. The van der Waals surface area contributed by atoms with E-state index in [4.69, 9.17) is 10.5 Å². The van der Waals surface area contributed by atoms with Crippen molar-refractivity contribution >= 4 is 41.3 Å². The zero-order chi connectivity index (χ0) is 19.1. The predicted molar refractivity (Wildman–Crippen MR) is 108 cm³/mol. The molecule has 1 aliphatic rings. The average molecular weight is 376 g/mol. The lowest BCUT2D eigenvalue weighted by molar-refractivity contribution is 0.0980. The van der Waals surface area contributed by atoms with Gasteiger partial charge in [-0.05, 0) is 18.2 Å². The molecule has 0 spiro atoms. The molecule has 4 rings (SSSR count). The quantitative estimate of drug-likeness (QED) is 0.371. The number of thiol groups is 1. The van der Waals surface area contributed by atoms with E-state index in [9.17, 15) is 9.59 Å². The summed E-state index contributed by atoms with van der Waals surface area (Å²) in [4.78, 5) is 26.6. The maximum atomic E-state index is 13.2. The van der Waals surface area contributed by atoms with Gasteiger partial charge in [-0.25, -0.2) is 0 Å². The van der Waals surface area contributed by atoms with Crippen LogP contribution in [0.15, 0.2) is 59.5 Å². The van der Waals surface area contributed by atoms with Gasteiger partial charge < -0.3 is 15.8 Å². The molecule has 5 nitrogen and oxygen atoms in total. The Morgan fingerprint density at radius 2 is 1.59 bits per heavy atom. The molecule has 0 atom stereocenters. The van der Waals surface area contributed by atoms with Crippen molar-refractivity contribution in [3.8, 4) is 5.75 Å². The zero-order valence-corrected chi connectivity index (χ0v) is 15.3. The number of ether oxygens (including phenoxy) is 1. The zero-order valence-electron chi connectivity index (χ0n) is 14.4. The molecule has 0 aliphatic heterocycles. The summed E-state index contributed by atoms with van der Waals surface area (Å²) in [5.41, 5.74) is 8.70. The summed E-state index contributed by atoms with van der Waals surface area (Å²) < 4.78 is 5.24. The minimum absolute atomic E-state index is 0.191. The first-order valence-corrected chi connectivity index (χ1v) is 8.71. The smallest absolute Gasteiger partial charge is 0.196 e. The highest BCUT2D eigenvalue weighted by Crippen LogP contribution is 2.39. The number of rotatable bonds is 3. The summed E-state index contributed by atoms with van der Waals surface area (Å²) in [6.45, 7) is 0. The van der Waals surface area contributed by atoms with Gasteiger partial charge in [-0.1, -0.05) is 30.3 Å². The summed E-state index contributed by atoms with van der Waals surface area (Å²) in [6.07, 6.45) is 0. The van der Waals surface area contributed by atoms with Crippen molar-refractivity contribution in [1.29, 1.82) is 0 Å². The highest BCUT2D eigenvalue weighted by molar-refractivity contribution is 7.80. The summed E-state index contributed by atoms with van der Waals surface area (Å²) in [6, 6.07) is 15.7. The van der Waals surface area contributed by atoms with E-state index in [2.05, 4.69) is 17.9 Å². The molecule has 0 unspecified atom stereocenters. The van der Waals surface area contributed by atoms with Gasteiger partial charge in [-0.2, -0.15) is 0 Å². The molecule has 0 aromatic heterocycles. The first kappa shape index (κ1) is 17.2. The van der Waals surface area contributed by atoms with Gasteiger partial charge in [0.1, 0.15) is 5.75 Å². The van der Waals surface area contributed by atoms with Crippen LogP contribution in [0.4, 0.5) is 17.1 Å². The van der Waals surface area contributed by atoms with Gasteiger partial charge in [0.2, 0.25) is 0 Å². The third kappa shape index (κ3) is 2.74. The largest absolute Gasteiger partial charge is 0.497 e. The second kappa shape index (κ2) is 6.48. The topological polar surface area (TPSA) is 81.4 Å². The Bertz CT molecular complexity index is 1110. The Kier molecular flexibility index (Phi) is 4.12. The normalized spacial score (nSPS) is 12.4. The van der Waals surface area contributed by atoms with E-state index in [1.54, 1.807) is 43.5 Å². The third-order valence-corrected chi connectivity index (χ3v) is 4.93. The Labute approximate surface area is 161 Å². The second-order valence-corrected chi connectivity index (χ2v) is 6.65. The minimum atomic E-state index is -0.276. The first-order chi connectivity index (χ1) is 13.0. The van der Waals surface area contributed by atoms with Crippen molar-refractivity contribution in [3.05, 3.63) is 76.9 Å². The van der Waals surface area contributed by atoms with Crippen molar-refractivity contribution in [2.24, 2.45) is 0 Å². The summed E-state index contributed by atoms with van der Waals surface area (Å²) in [5.74, 6) is 0.149. The number of carbonyl (C=O) groups is 2. The van der Waals surface area contributed by atoms with Gasteiger partial charge in [0.15, 0.2) is 11.6 Å². The van der Waals surface area contributed by atoms with E-state index in [1.807, 2.05) is 18.2 Å². The monoisotopic (exact) mass is 376 g/mol. The van der Waals surface area contributed by atoms with Gasteiger partial charge in [0.05, 0.1) is 29.6 Å². The standard InChI is InChI=1S/C21H16N2O3S/c1-26-12-6-4-5-11(9-12)23-15-10-16(27)19(22)18-17(15)20(24)13-7-2-3-8-14(13)21(18)25/h2-10,23,27H,22H2,1H3. The van der Waals surface area contributed by atoms with Gasteiger partial charge in [0.25, 0.3) is 0 Å². The molecule has 0 fully saturated rings. The molecular formula is C21H16N2O3S. The molecule has 3 N–H and O–H groups in total. The number of carbonyl (C=O) groups excluding carboxylic acids is 2. The van der Waals surface area contributed by atoms with Crippen LogP contribution >= 0.6 is 12.6 Å². The van der Waals surface area contributed by atoms with Crippen LogP contribution in [0.25, 0.3) is 0 Å². The molecule has 0 bridgehead atoms. The SMILES string of the molecule is COc1cccc(Nc2cc(S)c(N)c3c2C(=O)c2ccccc2C3=O)c1. The number of nitrogens with one attached hydrogen (secondary N) is 1. The third-order valence-electron chi connectivity index (χ3n) is 4.56. The van der Waals surface area contributed by atoms with E-state index in [1.165, 1.54) is 0 Å². The number of hydrogen-bond acceptors (Lipinski definition) is 6. The Hall–Kier alpha value is -3.25. The molecule has 0 saturated carbocycles. The fraction of sp³-hybridized carbons (Fsp3) is 0.0476. The molecule has 0 saturated heterocycles. The highest BCUT2D eigenvalue weighted by Gasteiger charge is 2.34. The fourth-order valence-corrected chi connectivity index (χ4v) is 3.50. The molecular weight excluding hydrogens is 360 g/mol. The van der Waals surface area contributed by atoms with Crippen LogP contribution in [0.3, 0.4) is 0 Å². The predicted octanol–water partition coefficient (Wildman–Crippen LogP) is 4.09. The van der Waals surface area contributed by atoms with Crippen molar-refractivity contribution in [3.63, 3.8) is 0 Å². The van der Waals surface area contributed by atoms with E-state index in [-0.39, 0.29) is 28.4 Å². The molecule has 0 amide bonds. The number of methoxy groups -OCH3 is 1. The van der Waals surface area contributed by atoms with Gasteiger partial charge >= 0.3 is 0 Å². The van der Waals surface area contributed by atoms with Crippen molar-refractivity contribution in [2.45, 2.75) is 4.90 Å². The first-order valence-electron chi connectivity index (χ1n) is 8.26. The summed E-state index contributed by atoms with van der Waals surface area (Å²) in [7, 11) is 1.58. The maximum Gasteiger partial charge on any atom is 0.196 e. The number of hydrogen-bond donors (Lipinski definition) is 3. The number of nitrogen functional groups attached to an aromatic ring is 1. The van der Waals surface area contributed by atoms with Crippen LogP contribution in [0.2, 0.25) is 0 Å². The lowest BCUT2D eigenvalue weighted by Crippen LogP contribution is -2.24. The van der Waals surface area contributed by atoms with Gasteiger partial charge in [-0.3, -0.25) is 9.59 Å². The number of fused-ring (bicyclic) bond motifs is 2. The average Bonchev–Trinajstić information content (AvgIpc) is 2.69. The van der Waals surface area contributed by atoms with Crippen molar-refractivity contribution < 1.29 is 14.3 Å². The highest BCUT2D eigenvalue weighted by atomic mass is 32.1. The van der Waals surface area contributed by atoms with E-state index >= 15 is 0 Å². The minimum Gasteiger partial charge on any atom is -0.497 e. The van der Waals surface area contributed by atoms with Crippen LogP contribution in [-0.4, -0.2) is 18.7 Å². The second-order valence-electron chi connectivity index (χ2n) is 6.17. The van der Waals surface area contributed by atoms with Crippen molar-refractivity contribution in [2.75, 3.05) is 18.2 Å². The van der Waals surface area contributed by atoms with E-state index < -0.39 is 0 Å². The molecule has 3 aromatic rings. The molecule has 0 heterocycles. The molecule has 0 radical (unpaired) electrons. The van der Waals surface area contributed by atoms with Crippen LogP contribution in [0.1, 0.15) is 31.8 Å². The Morgan fingerprint density at radius 1 is 0.926 bits per heavy atom. The molecule has 3 aromatic carbocycles. The van der Waals surface area contributed by atoms with E-state index in [0.717, 1.165) is 0 Å². The summed E-state index contributed by atoms with van der Waals surface area (Å²) >= 11 is 4.39.